The highest BCUT2D eigenvalue weighted by Gasteiger charge is 2.06. The molecule has 1 rings (SSSR count). The minimum atomic E-state index is -0.266. The van der Waals surface area contributed by atoms with Gasteiger partial charge in [0.2, 0.25) is 0 Å². The highest BCUT2D eigenvalue weighted by molar-refractivity contribution is 9.09. The molecule has 0 radical (unpaired) electrons. The van der Waals surface area contributed by atoms with Crippen LogP contribution in [-0.4, -0.2) is 6.10 Å². The molecule has 0 fully saturated rings. The van der Waals surface area contributed by atoms with Crippen molar-refractivity contribution in [2.24, 2.45) is 0 Å². The lowest BCUT2D eigenvalue weighted by Gasteiger charge is -2.10. The molecule has 0 N–H and O–H groups in total. The van der Waals surface area contributed by atoms with E-state index >= 15 is 0 Å². The van der Waals surface area contributed by atoms with Crippen LogP contribution in [0.3, 0.4) is 0 Å². The Balaban J connectivity index is 2.85. The maximum absolute atomic E-state index is 8.72. The van der Waals surface area contributed by atoms with Crippen LogP contribution in [0, 0.1) is 11.3 Å². The van der Waals surface area contributed by atoms with Crippen LogP contribution in [0.15, 0.2) is 24.3 Å². The van der Waals surface area contributed by atoms with E-state index in [9.17, 15) is 0 Å². The van der Waals surface area contributed by atoms with Crippen LogP contribution in [0.25, 0.3) is 0 Å². The van der Waals surface area contributed by atoms with E-state index in [1.807, 2.05) is 38.1 Å². The molecular formula is C11H12BrNO. The second-order valence-corrected chi connectivity index (χ2v) is 4.15. The van der Waals surface area contributed by atoms with Gasteiger partial charge in [-0.05, 0) is 31.5 Å². The van der Waals surface area contributed by atoms with Crippen molar-refractivity contribution >= 4 is 15.9 Å². The fourth-order valence-corrected chi connectivity index (χ4v) is 1.38. The average Bonchev–Trinajstić information content (AvgIpc) is 2.16. The van der Waals surface area contributed by atoms with E-state index < -0.39 is 0 Å². The summed E-state index contributed by atoms with van der Waals surface area (Å²) in [6, 6.07) is 9.68. The molecule has 74 valence electrons. The topological polar surface area (TPSA) is 33.0 Å². The summed E-state index contributed by atoms with van der Waals surface area (Å²) in [5.74, 6) is 0.803. The third-order valence-corrected chi connectivity index (χ3v) is 2.37. The van der Waals surface area contributed by atoms with Gasteiger partial charge in [-0.2, -0.15) is 5.26 Å². The fraction of sp³-hybridized carbons (Fsp3) is 0.364. The van der Waals surface area contributed by atoms with Crippen molar-refractivity contribution in [1.29, 1.82) is 5.26 Å². The number of hydrogen-bond acceptors (Lipinski definition) is 2. The molecule has 1 unspecified atom stereocenters. The number of nitrogens with zero attached hydrogens (tertiary/aromatic N) is 1. The molecule has 14 heavy (non-hydrogen) atoms. The summed E-state index contributed by atoms with van der Waals surface area (Å²) in [5.41, 5.74) is 0.922. The standard InChI is InChI=1S/C11H12BrNO/c1-8(2)14-10-5-3-4-9(6-10)11(12)7-13/h3-6,8,11H,1-2H3. The summed E-state index contributed by atoms with van der Waals surface area (Å²) in [7, 11) is 0. The second kappa shape index (κ2) is 5.02. The predicted octanol–water partition coefficient (Wildman–Crippen LogP) is 3.43. The summed E-state index contributed by atoms with van der Waals surface area (Å²) in [6.07, 6.45) is 0.154. The normalized spacial score (nSPS) is 12.2. The lowest BCUT2D eigenvalue weighted by atomic mass is 10.1. The number of halogens is 1. The summed E-state index contributed by atoms with van der Waals surface area (Å²) in [6.45, 7) is 3.95. The van der Waals surface area contributed by atoms with Crippen molar-refractivity contribution in [3.05, 3.63) is 29.8 Å². The summed E-state index contributed by atoms with van der Waals surface area (Å²) in [5, 5.41) is 8.72. The van der Waals surface area contributed by atoms with Crippen LogP contribution in [-0.2, 0) is 0 Å². The Bertz CT molecular complexity index is 343. The van der Waals surface area contributed by atoms with Crippen molar-refractivity contribution in [1.82, 2.24) is 0 Å². The number of alkyl halides is 1. The van der Waals surface area contributed by atoms with Gasteiger partial charge in [0.05, 0.1) is 12.2 Å². The van der Waals surface area contributed by atoms with Crippen LogP contribution < -0.4 is 4.74 Å². The zero-order chi connectivity index (χ0) is 10.6. The minimum absolute atomic E-state index is 0.154. The first-order valence-electron chi connectivity index (χ1n) is 4.44. The molecule has 0 aliphatic heterocycles. The fourth-order valence-electron chi connectivity index (χ4n) is 1.09. The molecule has 0 aromatic heterocycles. The molecule has 1 aromatic carbocycles. The maximum Gasteiger partial charge on any atom is 0.126 e. The van der Waals surface area contributed by atoms with Gasteiger partial charge in [0.15, 0.2) is 0 Å². The first-order valence-corrected chi connectivity index (χ1v) is 5.35. The molecule has 3 heteroatoms. The van der Waals surface area contributed by atoms with E-state index in [1.54, 1.807) is 0 Å². The van der Waals surface area contributed by atoms with Crippen LogP contribution >= 0.6 is 15.9 Å². The van der Waals surface area contributed by atoms with Crippen molar-refractivity contribution in [3.63, 3.8) is 0 Å². The highest BCUT2D eigenvalue weighted by Crippen LogP contribution is 2.25. The van der Waals surface area contributed by atoms with Gasteiger partial charge in [-0.25, -0.2) is 0 Å². The van der Waals surface area contributed by atoms with Crippen molar-refractivity contribution < 1.29 is 4.74 Å². The van der Waals surface area contributed by atoms with Crippen molar-refractivity contribution in [2.75, 3.05) is 0 Å². The summed E-state index contributed by atoms with van der Waals surface area (Å²) < 4.78 is 5.52. The third kappa shape index (κ3) is 3.04. The Labute approximate surface area is 92.6 Å². The first kappa shape index (κ1) is 11.1. The SMILES string of the molecule is CC(C)Oc1cccc(C(Br)C#N)c1. The van der Waals surface area contributed by atoms with Crippen LogP contribution in [0.1, 0.15) is 24.2 Å². The van der Waals surface area contributed by atoms with Gasteiger partial charge in [0.25, 0.3) is 0 Å². The Morgan fingerprint density at radius 2 is 2.14 bits per heavy atom. The molecule has 0 saturated heterocycles. The average molecular weight is 254 g/mol. The largest absolute Gasteiger partial charge is 0.491 e. The van der Waals surface area contributed by atoms with Gasteiger partial charge < -0.3 is 4.74 Å². The van der Waals surface area contributed by atoms with Gasteiger partial charge in [0, 0.05) is 0 Å². The van der Waals surface area contributed by atoms with E-state index in [0.717, 1.165) is 11.3 Å². The molecule has 0 aliphatic rings. The number of ether oxygens (including phenoxy) is 1. The van der Waals surface area contributed by atoms with Gasteiger partial charge >= 0.3 is 0 Å². The number of benzene rings is 1. The summed E-state index contributed by atoms with van der Waals surface area (Å²) in [4.78, 5) is -0.266. The molecule has 2 nitrogen and oxygen atoms in total. The number of nitriles is 1. The van der Waals surface area contributed by atoms with Crippen LogP contribution in [0.4, 0.5) is 0 Å². The Hall–Kier alpha value is -1.01. The quantitative estimate of drug-likeness (QED) is 0.774. The first-order chi connectivity index (χ1) is 6.63. The molecular weight excluding hydrogens is 242 g/mol. The van der Waals surface area contributed by atoms with Crippen molar-refractivity contribution in [2.45, 2.75) is 24.8 Å². The molecule has 0 saturated carbocycles. The minimum Gasteiger partial charge on any atom is -0.491 e. The van der Waals surface area contributed by atoms with E-state index in [1.165, 1.54) is 0 Å². The molecule has 0 amide bonds. The Morgan fingerprint density at radius 1 is 1.43 bits per heavy atom. The van der Waals surface area contributed by atoms with E-state index in [4.69, 9.17) is 10.00 Å². The van der Waals surface area contributed by atoms with E-state index in [2.05, 4.69) is 22.0 Å². The molecule has 1 atom stereocenters. The monoisotopic (exact) mass is 253 g/mol. The molecule has 0 bridgehead atoms. The lowest BCUT2D eigenvalue weighted by molar-refractivity contribution is 0.242. The third-order valence-electron chi connectivity index (χ3n) is 1.64. The van der Waals surface area contributed by atoms with Gasteiger partial charge in [0.1, 0.15) is 10.6 Å². The number of rotatable bonds is 3. The van der Waals surface area contributed by atoms with Crippen molar-refractivity contribution in [3.8, 4) is 11.8 Å². The van der Waals surface area contributed by atoms with E-state index in [0.29, 0.717) is 0 Å². The molecule has 1 aromatic rings. The summed E-state index contributed by atoms with van der Waals surface area (Å²) >= 11 is 3.27. The number of hydrogen-bond donors (Lipinski definition) is 0. The van der Waals surface area contributed by atoms with Gasteiger partial charge in [-0.1, -0.05) is 28.1 Å². The second-order valence-electron chi connectivity index (χ2n) is 3.23. The smallest absolute Gasteiger partial charge is 0.126 e. The maximum atomic E-state index is 8.72. The lowest BCUT2D eigenvalue weighted by Crippen LogP contribution is -2.05. The highest BCUT2D eigenvalue weighted by atomic mass is 79.9. The van der Waals surface area contributed by atoms with E-state index in [-0.39, 0.29) is 10.9 Å². The molecule has 0 aliphatic carbocycles. The molecule has 0 spiro atoms. The molecule has 0 heterocycles. The van der Waals surface area contributed by atoms with Gasteiger partial charge in [-0.15, -0.1) is 0 Å². The predicted molar refractivity (Wildman–Crippen MR) is 59.5 cm³/mol. The van der Waals surface area contributed by atoms with Crippen LogP contribution in [0.2, 0.25) is 0 Å². The Morgan fingerprint density at radius 3 is 2.71 bits per heavy atom. The zero-order valence-electron chi connectivity index (χ0n) is 8.20. The zero-order valence-corrected chi connectivity index (χ0v) is 9.78. The van der Waals surface area contributed by atoms with Gasteiger partial charge in [-0.3, -0.25) is 0 Å². The Kier molecular flexibility index (Phi) is 3.97. The van der Waals surface area contributed by atoms with Crippen LogP contribution in [0.5, 0.6) is 5.75 Å².